The van der Waals surface area contributed by atoms with Gasteiger partial charge in [-0.3, -0.25) is 9.78 Å². The molecule has 5 nitrogen and oxygen atoms in total. The quantitative estimate of drug-likeness (QED) is 0.906. The van der Waals surface area contributed by atoms with Gasteiger partial charge >= 0.3 is 5.69 Å². The number of aromatic nitrogens is 2. The van der Waals surface area contributed by atoms with Crippen LogP contribution < -0.4 is 16.0 Å². The Morgan fingerprint density at radius 1 is 1.25 bits per heavy atom. The normalized spacial score (nSPS) is 10.6. The molecular formula is C14H15ClN2O3. The molecule has 0 spiro atoms. The molecule has 0 bridgehead atoms. The summed E-state index contributed by atoms with van der Waals surface area (Å²) < 4.78 is 5.36. The zero-order chi connectivity index (χ0) is 14.7. The molecule has 2 N–H and O–H groups in total. The second-order valence-electron chi connectivity index (χ2n) is 4.39. The number of aryl methyl sites for hydroxylation is 1. The minimum absolute atomic E-state index is 0.378. The number of nitrogens with one attached hydrogen (secondary N) is 2. The average molecular weight is 295 g/mol. The Balaban J connectivity index is 2.34. The molecule has 0 aliphatic heterocycles. The van der Waals surface area contributed by atoms with E-state index in [0.717, 1.165) is 5.56 Å². The lowest BCUT2D eigenvalue weighted by Crippen LogP contribution is -2.27. The highest BCUT2D eigenvalue weighted by molar-refractivity contribution is 6.32. The molecule has 0 fully saturated rings. The first-order valence-corrected chi connectivity index (χ1v) is 6.62. The van der Waals surface area contributed by atoms with E-state index < -0.39 is 5.69 Å². The van der Waals surface area contributed by atoms with Crippen molar-refractivity contribution in [2.75, 3.05) is 6.61 Å². The number of rotatable bonds is 4. The van der Waals surface area contributed by atoms with Gasteiger partial charge in [-0.05, 0) is 31.5 Å². The van der Waals surface area contributed by atoms with Crippen molar-refractivity contribution in [2.45, 2.75) is 20.3 Å². The van der Waals surface area contributed by atoms with Crippen molar-refractivity contribution in [3.8, 4) is 5.75 Å². The van der Waals surface area contributed by atoms with Gasteiger partial charge in [0.25, 0.3) is 5.56 Å². The third kappa shape index (κ3) is 3.11. The predicted molar refractivity (Wildman–Crippen MR) is 77.8 cm³/mol. The van der Waals surface area contributed by atoms with Crippen molar-refractivity contribution >= 4 is 11.6 Å². The molecule has 20 heavy (non-hydrogen) atoms. The largest absolute Gasteiger partial charge is 0.492 e. The summed E-state index contributed by atoms with van der Waals surface area (Å²) in [5.74, 6) is 0.616. The van der Waals surface area contributed by atoms with Crippen LogP contribution in [-0.2, 0) is 6.42 Å². The molecule has 1 heterocycles. The first-order chi connectivity index (χ1) is 9.51. The molecule has 0 aliphatic rings. The molecule has 0 atom stereocenters. The summed E-state index contributed by atoms with van der Waals surface area (Å²) in [6.45, 7) is 4.12. The molecule has 6 heteroatoms. The second-order valence-corrected chi connectivity index (χ2v) is 4.79. The van der Waals surface area contributed by atoms with Crippen LogP contribution in [0.5, 0.6) is 5.75 Å². The number of halogens is 1. The highest BCUT2D eigenvalue weighted by Gasteiger charge is 2.09. The molecule has 0 saturated heterocycles. The highest BCUT2D eigenvalue weighted by atomic mass is 35.5. The molecule has 2 rings (SSSR count). The van der Waals surface area contributed by atoms with E-state index in [0.29, 0.717) is 35.1 Å². The molecular weight excluding hydrogens is 280 g/mol. The maximum absolute atomic E-state index is 11.8. The highest BCUT2D eigenvalue weighted by Crippen LogP contribution is 2.26. The third-order valence-corrected chi connectivity index (χ3v) is 3.23. The predicted octanol–water partition coefficient (Wildman–Crippen LogP) is 2.01. The Morgan fingerprint density at radius 2 is 2.00 bits per heavy atom. The van der Waals surface area contributed by atoms with Gasteiger partial charge < -0.3 is 9.72 Å². The van der Waals surface area contributed by atoms with Gasteiger partial charge in [-0.15, -0.1) is 0 Å². The molecule has 0 amide bonds. The Morgan fingerprint density at radius 3 is 2.60 bits per heavy atom. The number of H-pyrrole nitrogens is 2. The van der Waals surface area contributed by atoms with Crippen LogP contribution in [0.25, 0.3) is 0 Å². The maximum atomic E-state index is 11.8. The van der Waals surface area contributed by atoms with Gasteiger partial charge in [0.15, 0.2) is 0 Å². The lowest BCUT2D eigenvalue weighted by atomic mass is 10.1. The van der Waals surface area contributed by atoms with Crippen molar-refractivity contribution in [1.82, 2.24) is 9.97 Å². The Bertz CT molecular complexity index is 734. The van der Waals surface area contributed by atoms with E-state index in [2.05, 4.69) is 9.97 Å². The van der Waals surface area contributed by atoms with Gasteiger partial charge in [-0.25, -0.2) is 4.79 Å². The zero-order valence-corrected chi connectivity index (χ0v) is 12.0. The first-order valence-electron chi connectivity index (χ1n) is 6.24. The Labute approximate surface area is 120 Å². The van der Waals surface area contributed by atoms with E-state index >= 15 is 0 Å². The van der Waals surface area contributed by atoms with Crippen LogP contribution in [0, 0.1) is 6.92 Å². The Hall–Kier alpha value is -2.01. The van der Waals surface area contributed by atoms with Crippen molar-refractivity contribution in [2.24, 2.45) is 0 Å². The van der Waals surface area contributed by atoms with Crippen LogP contribution in [0.1, 0.15) is 23.7 Å². The molecule has 1 aromatic carbocycles. The number of benzene rings is 1. The van der Waals surface area contributed by atoms with Crippen molar-refractivity contribution in [1.29, 1.82) is 0 Å². The lowest BCUT2D eigenvalue weighted by Gasteiger charge is -2.08. The standard InChI is InChI=1S/C14H15ClN2O3/c1-3-20-12-5-4-9(7-11(12)15)6-10-8(2)16-14(19)17-13(10)18/h4-5,7H,3,6H2,1-2H3,(H2,16,17,18,19). The fourth-order valence-corrected chi connectivity index (χ4v) is 2.23. The van der Waals surface area contributed by atoms with Crippen molar-refractivity contribution in [3.63, 3.8) is 0 Å². The van der Waals surface area contributed by atoms with Crippen LogP contribution in [0.15, 0.2) is 27.8 Å². The van der Waals surface area contributed by atoms with E-state index in [-0.39, 0.29) is 5.56 Å². The van der Waals surface area contributed by atoms with Gasteiger partial charge in [-0.1, -0.05) is 17.7 Å². The monoisotopic (exact) mass is 294 g/mol. The molecule has 0 unspecified atom stereocenters. The number of aromatic amines is 2. The topological polar surface area (TPSA) is 75.0 Å². The SMILES string of the molecule is CCOc1ccc(Cc2c(C)[nH]c(=O)[nH]c2=O)cc1Cl. The summed E-state index contributed by atoms with van der Waals surface area (Å²) in [6.07, 6.45) is 0.393. The summed E-state index contributed by atoms with van der Waals surface area (Å²) in [5.41, 5.74) is 1.07. The van der Waals surface area contributed by atoms with E-state index in [9.17, 15) is 9.59 Å². The van der Waals surface area contributed by atoms with Crippen molar-refractivity contribution < 1.29 is 4.74 Å². The molecule has 0 aliphatic carbocycles. The van der Waals surface area contributed by atoms with Crippen LogP contribution in [0.3, 0.4) is 0 Å². The molecule has 0 saturated carbocycles. The number of hydrogen-bond acceptors (Lipinski definition) is 3. The second kappa shape index (κ2) is 5.96. The van der Waals surface area contributed by atoms with Crippen LogP contribution >= 0.6 is 11.6 Å². The average Bonchev–Trinajstić information content (AvgIpc) is 2.37. The zero-order valence-electron chi connectivity index (χ0n) is 11.2. The fraction of sp³-hybridized carbons (Fsp3) is 0.286. The third-order valence-electron chi connectivity index (χ3n) is 2.93. The molecule has 0 radical (unpaired) electrons. The van der Waals surface area contributed by atoms with E-state index in [4.69, 9.17) is 16.3 Å². The van der Waals surface area contributed by atoms with Crippen LogP contribution in [0.4, 0.5) is 0 Å². The minimum atomic E-state index is -0.499. The molecule has 1 aromatic heterocycles. The summed E-state index contributed by atoms with van der Waals surface area (Å²) >= 11 is 6.11. The summed E-state index contributed by atoms with van der Waals surface area (Å²) in [4.78, 5) is 27.7. The summed E-state index contributed by atoms with van der Waals surface area (Å²) in [5, 5.41) is 0.503. The van der Waals surface area contributed by atoms with Gasteiger partial charge in [0.05, 0.1) is 11.6 Å². The summed E-state index contributed by atoms with van der Waals surface area (Å²) in [6, 6.07) is 5.38. The van der Waals surface area contributed by atoms with E-state index in [1.54, 1.807) is 19.1 Å². The summed E-state index contributed by atoms with van der Waals surface area (Å²) in [7, 11) is 0. The minimum Gasteiger partial charge on any atom is -0.492 e. The maximum Gasteiger partial charge on any atom is 0.325 e. The van der Waals surface area contributed by atoms with E-state index in [1.807, 2.05) is 13.0 Å². The van der Waals surface area contributed by atoms with Gasteiger partial charge in [0.2, 0.25) is 0 Å². The lowest BCUT2D eigenvalue weighted by molar-refractivity contribution is 0.340. The van der Waals surface area contributed by atoms with Crippen molar-refractivity contribution in [3.05, 3.63) is 60.9 Å². The molecule has 106 valence electrons. The molecule has 2 aromatic rings. The number of hydrogen-bond donors (Lipinski definition) is 2. The first kappa shape index (κ1) is 14.4. The van der Waals surface area contributed by atoms with Crippen LogP contribution in [0.2, 0.25) is 5.02 Å². The smallest absolute Gasteiger partial charge is 0.325 e. The fourth-order valence-electron chi connectivity index (χ4n) is 1.97. The van der Waals surface area contributed by atoms with Gasteiger partial charge in [0.1, 0.15) is 5.75 Å². The van der Waals surface area contributed by atoms with Gasteiger partial charge in [0, 0.05) is 17.7 Å². The van der Waals surface area contributed by atoms with Gasteiger partial charge in [-0.2, -0.15) is 0 Å². The van der Waals surface area contributed by atoms with E-state index in [1.165, 1.54) is 0 Å². The number of ether oxygens (including phenoxy) is 1. The van der Waals surface area contributed by atoms with Crippen LogP contribution in [-0.4, -0.2) is 16.6 Å². The Kier molecular flexibility index (Phi) is 4.29.